The Morgan fingerprint density at radius 3 is 2.69 bits per heavy atom. The van der Waals surface area contributed by atoms with E-state index in [9.17, 15) is 4.79 Å². The lowest BCUT2D eigenvalue weighted by atomic mass is 10.1. The molecule has 0 unspecified atom stereocenters. The van der Waals surface area contributed by atoms with Crippen molar-refractivity contribution in [3.63, 3.8) is 0 Å². The summed E-state index contributed by atoms with van der Waals surface area (Å²) < 4.78 is 10.3. The maximum atomic E-state index is 11.7. The van der Waals surface area contributed by atoms with Crippen molar-refractivity contribution in [3.05, 3.63) is 28.6 Å². The van der Waals surface area contributed by atoms with Gasteiger partial charge in [-0.05, 0) is 0 Å². The Labute approximate surface area is 91.8 Å². The number of H-pyrrole nitrogens is 1. The molecule has 0 fully saturated rings. The SMILES string of the molecule is COc1cc2[nH]ccc(=O)c2c(N)c1OC. The van der Waals surface area contributed by atoms with Crippen LogP contribution < -0.4 is 20.6 Å². The molecule has 0 aliphatic rings. The number of anilines is 1. The smallest absolute Gasteiger partial charge is 0.191 e. The van der Waals surface area contributed by atoms with Gasteiger partial charge >= 0.3 is 0 Å². The summed E-state index contributed by atoms with van der Waals surface area (Å²) >= 11 is 0. The fraction of sp³-hybridized carbons (Fsp3) is 0.182. The van der Waals surface area contributed by atoms with Crippen LogP contribution in [0.2, 0.25) is 0 Å². The van der Waals surface area contributed by atoms with Crippen LogP contribution in [0, 0.1) is 0 Å². The molecule has 1 aromatic heterocycles. The number of fused-ring (bicyclic) bond motifs is 1. The van der Waals surface area contributed by atoms with Crippen molar-refractivity contribution < 1.29 is 9.47 Å². The molecule has 1 heterocycles. The van der Waals surface area contributed by atoms with Gasteiger partial charge in [-0.25, -0.2) is 0 Å². The van der Waals surface area contributed by atoms with Gasteiger partial charge in [-0.3, -0.25) is 4.79 Å². The highest BCUT2D eigenvalue weighted by atomic mass is 16.5. The topological polar surface area (TPSA) is 77.3 Å². The number of pyridine rings is 1. The normalized spacial score (nSPS) is 10.4. The highest BCUT2D eigenvalue weighted by Gasteiger charge is 2.14. The van der Waals surface area contributed by atoms with Crippen LogP contribution in [0.4, 0.5) is 5.69 Å². The molecule has 1 aromatic carbocycles. The third-order valence-electron chi connectivity index (χ3n) is 2.43. The molecule has 5 nitrogen and oxygen atoms in total. The van der Waals surface area contributed by atoms with Crippen molar-refractivity contribution in [2.24, 2.45) is 0 Å². The lowest BCUT2D eigenvalue weighted by Gasteiger charge is -2.12. The van der Waals surface area contributed by atoms with Crippen LogP contribution in [0.25, 0.3) is 10.9 Å². The Kier molecular flexibility index (Phi) is 2.44. The van der Waals surface area contributed by atoms with Crippen molar-refractivity contribution in [1.29, 1.82) is 0 Å². The molecule has 0 saturated carbocycles. The summed E-state index contributed by atoms with van der Waals surface area (Å²) in [5.74, 6) is 0.876. The van der Waals surface area contributed by atoms with Gasteiger partial charge in [-0.15, -0.1) is 0 Å². The van der Waals surface area contributed by atoms with Crippen LogP contribution in [0.3, 0.4) is 0 Å². The number of hydrogen-bond donors (Lipinski definition) is 2. The van der Waals surface area contributed by atoms with Gasteiger partial charge in [-0.1, -0.05) is 0 Å². The maximum Gasteiger partial charge on any atom is 0.191 e. The minimum Gasteiger partial charge on any atom is -0.493 e. The van der Waals surface area contributed by atoms with Gasteiger partial charge in [0.05, 0.1) is 30.8 Å². The molecule has 0 saturated heterocycles. The van der Waals surface area contributed by atoms with E-state index < -0.39 is 0 Å². The first-order valence-corrected chi connectivity index (χ1v) is 4.71. The zero-order chi connectivity index (χ0) is 11.7. The van der Waals surface area contributed by atoms with E-state index in [1.165, 1.54) is 20.3 Å². The molecule has 0 radical (unpaired) electrons. The third kappa shape index (κ3) is 1.37. The van der Waals surface area contributed by atoms with Gasteiger partial charge in [-0.2, -0.15) is 0 Å². The molecular weight excluding hydrogens is 208 g/mol. The van der Waals surface area contributed by atoms with Crippen LogP contribution >= 0.6 is 0 Å². The maximum absolute atomic E-state index is 11.7. The van der Waals surface area contributed by atoms with Crippen LogP contribution in [0.15, 0.2) is 23.1 Å². The summed E-state index contributed by atoms with van der Waals surface area (Å²) in [5, 5.41) is 0.417. The number of hydrogen-bond acceptors (Lipinski definition) is 4. The van der Waals surface area contributed by atoms with E-state index in [2.05, 4.69) is 4.98 Å². The predicted molar refractivity (Wildman–Crippen MR) is 62.1 cm³/mol. The summed E-state index contributed by atoms with van der Waals surface area (Å²) in [6.07, 6.45) is 1.57. The molecule has 0 aliphatic carbocycles. The molecule has 0 spiro atoms. The second-order valence-corrected chi connectivity index (χ2v) is 3.29. The fourth-order valence-corrected chi connectivity index (χ4v) is 1.69. The lowest BCUT2D eigenvalue weighted by Crippen LogP contribution is -2.06. The van der Waals surface area contributed by atoms with Gasteiger partial charge in [0.15, 0.2) is 16.9 Å². The zero-order valence-electron chi connectivity index (χ0n) is 9.03. The van der Waals surface area contributed by atoms with Crippen molar-refractivity contribution in [3.8, 4) is 11.5 Å². The van der Waals surface area contributed by atoms with E-state index in [1.54, 1.807) is 12.3 Å². The molecule has 84 valence electrons. The summed E-state index contributed by atoms with van der Waals surface area (Å²) in [6, 6.07) is 3.11. The summed E-state index contributed by atoms with van der Waals surface area (Å²) in [4.78, 5) is 14.6. The molecule has 0 bridgehead atoms. The average Bonchev–Trinajstić information content (AvgIpc) is 2.28. The number of nitrogens with one attached hydrogen (secondary N) is 1. The van der Waals surface area contributed by atoms with E-state index in [4.69, 9.17) is 15.2 Å². The van der Waals surface area contributed by atoms with Crippen molar-refractivity contribution in [2.45, 2.75) is 0 Å². The molecular formula is C11H12N2O3. The Morgan fingerprint density at radius 1 is 1.31 bits per heavy atom. The van der Waals surface area contributed by atoms with E-state index in [-0.39, 0.29) is 5.43 Å². The minimum absolute atomic E-state index is 0.146. The largest absolute Gasteiger partial charge is 0.493 e. The minimum atomic E-state index is -0.146. The van der Waals surface area contributed by atoms with Crippen molar-refractivity contribution in [1.82, 2.24) is 4.98 Å². The molecule has 0 amide bonds. The van der Waals surface area contributed by atoms with Gasteiger partial charge in [0, 0.05) is 18.3 Å². The predicted octanol–water partition coefficient (Wildman–Crippen LogP) is 1.13. The van der Waals surface area contributed by atoms with Gasteiger partial charge < -0.3 is 20.2 Å². The first-order valence-electron chi connectivity index (χ1n) is 4.71. The molecule has 0 aliphatic heterocycles. The van der Waals surface area contributed by atoms with Gasteiger partial charge in [0.25, 0.3) is 0 Å². The van der Waals surface area contributed by atoms with E-state index in [0.29, 0.717) is 28.1 Å². The van der Waals surface area contributed by atoms with E-state index in [1.807, 2.05) is 0 Å². The quantitative estimate of drug-likeness (QED) is 0.744. The zero-order valence-corrected chi connectivity index (χ0v) is 9.03. The Bertz CT molecular complexity index is 590. The summed E-state index contributed by atoms with van der Waals surface area (Å²) in [6.45, 7) is 0. The molecule has 5 heteroatoms. The number of aromatic nitrogens is 1. The first kappa shape index (κ1) is 10.4. The summed E-state index contributed by atoms with van der Waals surface area (Å²) in [5.41, 5.74) is 6.65. The fourth-order valence-electron chi connectivity index (χ4n) is 1.69. The number of rotatable bonds is 2. The van der Waals surface area contributed by atoms with Gasteiger partial charge in [0.2, 0.25) is 0 Å². The highest BCUT2D eigenvalue weighted by molar-refractivity contribution is 5.95. The standard InChI is InChI=1S/C11H12N2O3/c1-15-8-5-6-9(7(14)3-4-13-6)10(12)11(8)16-2/h3-5H,12H2,1-2H3,(H,13,14). The Morgan fingerprint density at radius 2 is 2.06 bits per heavy atom. The van der Waals surface area contributed by atoms with Crippen molar-refractivity contribution in [2.75, 3.05) is 20.0 Å². The van der Waals surface area contributed by atoms with Crippen LogP contribution in [0.1, 0.15) is 0 Å². The third-order valence-corrected chi connectivity index (χ3v) is 2.43. The number of benzene rings is 1. The second-order valence-electron chi connectivity index (χ2n) is 3.29. The van der Waals surface area contributed by atoms with E-state index >= 15 is 0 Å². The number of aromatic amines is 1. The highest BCUT2D eigenvalue weighted by Crippen LogP contribution is 2.37. The van der Waals surface area contributed by atoms with Gasteiger partial charge in [0.1, 0.15) is 0 Å². The molecule has 16 heavy (non-hydrogen) atoms. The Balaban J connectivity index is 2.94. The molecule has 0 atom stereocenters. The van der Waals surface area contributed by atoms with Crippen LogP contribution in [0.5, 0.6) is 11.5 Å². The number of methoxy groups -OCH3 is 2. The monoisotopic (exact) mass is 220 g/mol. The molecule has 3 N–H and O–H groups in total. The Hall–Kier alpha value is -2.17. The average molecular weight is 220 g/mol. The number of nitrogens with two attached hydrogens (primary N) is 1. The second kappa shape index (κ2) is 3.77. The summed E-state index contributed by atoms with van der Waals surface area (Å²) in [7, 11) is 3.00. The lowest BCUT2D eigenvalue weighted by molar-refractivity contribution is 0.357. The van der Waals surface area contributed by atoms with Crippen LogP contribution in [-0.2, 0) is 0 Å². The van der Waals surface area contributed by atoms with Crippen molar-refractivity contribution >= 4 is 16.6 Å². The molecule has 2 aromatic rings. The van der Waals surface area contributed by atoms with Crippen LogP contribution in [-0.4, -0.2) is 19.2 Å². The number of nitrogen functional groups attached to an aromatic ring is 1. The molecule has 2 rings (SSSR count). The first-order chi connectivity index (χ1) is 7.69. The number of ether oxygens (including phenoxy) is 2. The van der Waals surface area contributed by atoms with E-state index in [0.717, 1.165) is 0 Å².